The molecule has 11 heteroatoms. The van der Waals surface area contributed by atoms with Crippen molar-refractivity contribution in [2.45, 2.75) is 11.5 Å². The van der Waals surface area contributed by atoms with E-state index in [1.54, 1.807) is 0 Å². The molecule has 0 fully saturated rings. The SMILES string of the molecule is NS(=O)(=O)c1nc([N+](=O)[O-])cc(I)c1C(F)F. The molecule has 1 rings (SSSR count). The van der Waals surface area contributed by atoms with Crippen LogP contribution in [-0.4, -0.2) is 18.3 Å². The van der Waals surface area contributed by atoms with Gasteiger partial charge in [0, 0.05) is 9.64 Å². The monoisotopic (exact) mass is 379 g/mol. The molecule has 1 heterocycles. The van der Waals surface area contributed by atoms with Crippen molar-refractivity contribution < 1.29 is 22.1 Å². The Morgan fingerprint density at radius 1 is 1.53 bits per heavy atom. The molecular weight excluding hydrogens is 375 g/mol. The molecule has 0 unspecified atom stereocenters. The Kier molecular flexibility index (Phi) is 3.93. The summed E-state index contributed by atoms with van der Waals surface area (Å²) in [6.07, 6.45) is -3.15. The summed E-state index contributed by atoms with van der Waals surface area (Å²) in [5.41, 5.74) is -0.932. The molecule has 0 spiro atoms. The van der Waals surface area contributed by atoms with Crippen molar-refractivity contribution in [2.24, 2.45) is 5.14 Å². The van der Waals surface area contributed by atoms with Crippen LogP contribution in [0.25, 0.3) is 0 Å². The first-order valence-corrected chi connectivity index (χ1v) is 6.43. The first-order chi connectivity index (χ1) is 7.64. The molecule has 7 nitrogen and oxygen atoms in total. The average molecular weight is 379 g/mol. The van der Waals surface area contributed by atoms with Gasteiger partial charge in [-0.15, -0.1) is 0 Å². The second-order valence-electron chi connectivity index (χ2n) is 2.78. The maximum Gasteiger partial charge on any atom is 0.366 e. The Labute approximate surface area is 107 Å². The second-order valence-corrected chi connectivity index (χ2v) is 5.42. The van der Waals surface area contributed by atoms with E-state index in [2.05, 4.69) is 10.1 Å². The molecule has 17 heavy (non-hydrogen) atoms. The fourth-order valence-electron chi connectivity index (χ4n) is 0.998. The molecule has 1 aromatic heterocycles. The van der Waals surface area contributed by atoms with Gasteiger partial charge in [0.2, 0.25) is 0 Å². The summed E-state index contributed by atoms with van der Waals surface area (Å²) in [6, 6.07) is 0.747. The summed E-state index contributed by atoms with van der Waals surface area (Å²) in [5, 5.41) is 13.9. The highest BCUT2D eigenvalue weighted by Gasteiger charge is 2.32. The highest BCUT2D eigenvalue weighted by Crippen LogP contribution is 2.31. The van der Waals surface area contributed by atoms with Crippen molar-refractivity contribution in [1.82, 2.24) is 4.98 Å². The molecule has 0 aliphatic rings. The highest BCUT2D eigenvalue weighted by molar-refractivity contribution is 14.1. The van der Waals surface area contributed by atoms with Crippen LogP contribution in [0.15, 0.2) is 11.1 Å². The lowest BCUT2D eigenvalue weighted by Crippen LogP contribution is -2.18. The number of nitro groups is 1. The number of aromatic nitrogens is 1. The van der Waals surface area contributed by atoms with Gasteiger partial charge in [-0.2, -0.15) is 0 Å². The molecule has 0 radical (unpaired) electrons. The van der Waals surface area contributed by atoms with Crippen LogP contribution in [0.2, 0.25) is 0 Å². The second kappa shape index (κ2) is 4.73. The van der Waals surface area contributed by atoms with Crippen LogP contribution in [0.5, 0.6) is 0 Å². The van der Waals surface area contributed by atoms with Gasteiger partial charge in [0.25, 0.3) is 21.5 Å². The van der Waals surface area contributed by atoms with Crippen molar-refractivity contribution in [3.8, 4) is 0 Å². The maximum atomic E-state index is 12.6. The molecule has 2 N–H and O–H groups in total. The number of pyridine rings is 1. The number of sulfonamides is 1. The largest absolute Gasteiger partial charge is 0.366 e. The number of alkyl halides is 2. The maximum absolute atomic E-state index is 12.6. The minimum atomic E-state index is -4.56. The number of nitrogens with two attached hydrogens (primary N) is 1. The molecule has 1 aromatic rings. The molecule has 94 valence electrons. The summed E-state index contributed by atoms with van der Waals surface area (Å²) >= 11 is 1.36. The lowest BCUT2D eigenvalue weighted by Gasteiger charge is -2.05. The molecule has 0 saturated heterocycles. The van der Waals surface area contributed by atoms with E-state index in [1.165, 1.54) is 22.6 Å². The lowest BCUT2D eigenvalue weighted by molar-refractivity contribution is -0.390. The summed E-state index contributed by atoms with van der Waals surface area (Å²) in [5.74, 6) is -0.858. The first kappa shape index (κ1) is 14.1. The smallest absolute Gasteiger partial charge is 0.358 e. The zero-order chi connectivity index (χ0) is 13.4. The van der Waals surface area contributed by atoms with Gasteiger partial charge in [0.1, 0.15) is 0 Å². The molecule has 0 aromatic carbocycles. The molecule has 0 aliphatic carbocycles. The number of hydrogen-bond acceptors (Lipinski definition) is 5. The number of nitrogens with zero attached hydrogens (tertiary/aromatic N) is 2. The van der Waals surface area contributed by atoms with E-state index in [1.807, 2.05) is 0 Å². The summed E-state index contributed by atoms with van der Waals surface area (Å²) in [7, 11) is -4.56. The van der Waals surface area contributed by atoms with Crippen molar-refractivity contribution in [1.29, 1.82) is 0 Å². The van der Waals surface area contributed by atoms with Gasteiger partial charge in [-0.3, -0.25) is 0 Å². The third-order valence-corrected chi connectivity index (χ3v) is 3.38. The average Bonchev–Trinajstić information content (AvgIpc) is 2.14. The summed E-state index contributed by atoms with van der Waals surface area (Å²) in [6.45, 7) is 0. The Balaban J connectivity index is 3.69. The van der Waals surface area contributed by atoms with E-state index in [-0.39, 0.29) is 3.57 Å². The minimum Gasteiger partial charge on any atom is -0.358 e. The molecule has 0 atom stereocenters. The third-order valence-electron chi connectivity index (χ3n) is 1.63. The van der Waals surface area contributed by atoms with E-state index in [0.717, 1.165) is 6.07 Å². The van der Waals surface area contributed by atoms with E-state index in [4.69, 9.17) is 0 Å². The molecular formula is C6H4F2IN3O4S. The van der Waals surface area contributed by atoms with Crippen molar-refractivity contribution in [3.05, 3.63) is 25.3 Å². The standard InChI is InChI=1S/C6H4F2IN3O4S/c7-5(8)4-2(9)1-3(12(13)14)11-6(4)17(10,15)16/h1,5H,(H2,10,15,16). The van der Waals surface area contributed by atoms with Gasteiger partial charge < -0.3 is 10.1 Å². The Morgan fingerprint density at radius 3 is 2.41 bits per heavy atom. The fourth-order valence-corrected chi connectivity index (χ4v) is 2.68. The van der Waals surface area contributed by atoms with Gasteiger partial charge >= 0.3 is 5.82 Å². The van der Waals surface area contributed by atoms with E-state index < -0.39 is 37.8 Å². The summed E-state index contributed by atoms with van der Waals surface area (Å²) < 4.78 is 47.0. The number of hydrogen-bond donors (Lipinski definition) is 1. The first-order valence-electron chi connectivity index (χ1n) is 3.80. The van der Waals surface area contributed by atoms with Crippen molar-refractivity contribution in [2.75, 3.05) is 0 Å². The third kappa shape index (κ3) is 3.04. The quantitative estimate of drug-likeness (QED) is 0.481. The molecule has 0 amide bonds. The Morgan fingerprint density at radius 2 is 2.06 bits per heavy atom. The van der Waals surface area contributed by atoms with E-state index in [0.29, 0.717) is 0 Å². The minimum absolute atomic E-state index is 0.289. The molecule has 0 bridgehead atoms. The predicted octanol–water partition coefficient (Wildman–Crippen LogP) is 1.18. The van der Waals surface area contributed by atoms with Crippen LogP contribution in [0, 0.1) is 13.7 Å². The van der Waals surface area contributed by atoms with Crippen LogP contribution in [0.4, 0.5) is 14.6 Å². The van der Waals surface area contributed by atoms with Crippen LogP contribution in [0.1, 0.15) is 12.0 Å². The Bertz CT molecular complexity index is 577. The number of rotatable bonds is 3. The summed E-state index contributed by atoms with van der Waals surface area (Å²) in [4.78, 5) is 12.5. The highest BCUT2D eigenvalue weighted by atomic mass is 127. The van der Waals surface area contributed by atoms with Crippen molar-refractivity contribution in [3.63, 3.8) is 0 Å². The number of primary sulfonamides is 1. The van der Waals surface area contributed by atoms with Crippen molar-refractivity contribution >= 4 is 38.4 Å². The van der Waals surface area contributed by atoms with Gasteiger partial charge in [-0.25, -0.2) is 22.3 Å². The predicted molar refractivity (Wildman–Crippen MR) is 59.9 cm³/mol. The molecule has 0 saturated carbocycles. The fraction of sp³-hybridized carbons (Fsp3) is 0.167. The molecule has 0 aliphatic heterocycles. The van der Waals surface area contributed by atoms with Gasteiger partial charge in [0.15, 0.2) is 0 Å². The van der Waals surface area contributed by atoms with Crippen LogP contribution in [0.3, 0.4) is 0 Å². The van der Waals surface area contributed by atoms with Crippen LogP contribution in [-0.2, 0) is 10.0 Å². The topological polar surface area (TPSA) is 116 Å². The number of halogens is 3. The lowest BCUT2D eigenvalue weighted by atomic mass is 10.3. The van der Waals surface area contributed by atoms with Crippen LogP contribution >= 0.6 is 22.6 Å². The Hall–Kier alpha value is -0.950. The van der Waals surface area contributed by atoms with E-state index >= 15 is 0 Å². The normalized spacial score (nSPS) is 11.8. The van der Waals surface area contributed by atoms with Gasteiger partial charge in [-0.05, 0) is 32.5 Å². The van der Waals surface area contributed by atoms with E-state index in [9.17, 15) is 27.3 Å². The van der Waals surface area contributed by atoms with Gasteiger partial charge in [0.05, 0.1) is 5.56 Å². The van der Waals surface area contributed by atoms with Gasteiger partial charge in [-0.1, -0.05) is 0 Å². The zero-order valence-corrected chi connectivity index (χ0v) is 10.8. The zero-order valence-electron chi connectivity index (χ0n) is 7.80. The van der Waals surface area contributed by atoms with Crippen LogP contribution < -0.4 is 5.14 Å².